The van der Waals surface area contributed by atoms with Crippen molar-refractivity contribution in [1.82, 2.24) is 0 Å². The first-order valence-corrected chi connectivity index (χ1v) is 9.15. The van der Waals surface area contributed by atoms with Gasteiger partial charge in [-0.05, 0) is 73.1 Å². The Balaban J connectivity index is 1.61. The minimum atomic E-state index is -0.286. The van der Waals surface area contributed by atoms with Gasteiger partial charge in [0.2, 0.25) is 0 Å². The van der Waals surface area contributed by atoms with Gasteiger partial charge in [0.15, 0.2) is 5.79 Å². The molecule has 3 aliphatic carbocycles. The number of hydrogen-bond acceptors (Lipinski definition) is 2. The van der Waals surface area contributed by atoms with Gasteiger partial charge in [-0.1, -0.05) is 19.1 Å². The Labute approximate surface area is 133 Å². The third-order valence-corrected chi connectivity index (χ3v) is 7.11. The Morgan fingerprint density at radius 1 is 0.955 bits per heavy atom. The number of benzene rings is 1. The van der Waals surface area contributed by atoms with Crippen LogP contribution in [0, 0.1) is 5.41 Å². The van der Waals surface area contributed by atoms with Crippen molar-refractivity contribution in [1.29, 1.82) is 0 Å². The second-order valence-electron chi connectivity index (χ2n) is 7.94. The molecule has 2 fully saturated rings. The lowest BCUT2D eigenvalue weighted by atomic mass is 9.63. The van der Waals surface area contributed by atoms with E-state index in [4.69, 9.17) is 9.47 Å². The quantitative estimate of drug-likeness (QED) is 0.717. The highest BCUT2D eigenvalue weighted by Crippen LogP contribution is 2.63. The van der Waals surface area contributed by atoms with Crippen molar-refractivity contribution >= 4 is 0 Å². The number of fused-ring (bicyclic) bond motifs is 6. The van der Waals surface area contributed by atoms with Crippen molar-refractivity contribution in [3.05, 3.63) is 34.4 Å². The van der Waals surface area contributed by atoms with Crippen LogP contribution in [-0.2, 0) is 28.7 Å². The first-order chi connectivity index (χ1) is 10.7. The highest BCUT2D eigenvalue weighted by molar-refractivity contribution is 5.47. The maximum Gasteiger partial charge on any atom is 0.174 e. The molecule has 0 aromatic heterocycles. The largest absolute Gasteiger partial charge is 0.347 e. The molecule has 1 aromatic carbocycles. The molecule has 1 heterocycles. The minimum absolute atomic E-state index is 0.166. The molecule has 1 aromatic rings. The SMILES string of the molecule is CC12CCc3c(ccc4c3CCCC4)C1CCC21OCCO1. The topological polar surface area (TPSA) is 18.5 Å². The monoisotopic (exact) mass is 298 g/mol. The summed E-state index contributed by atoms with van der Waals surface area (Å²) in [6.45, 7) is 3.98. The first-order valence-electron chi connectivity index (χ1n) is 9.15. The average molecular weight is 298 g/mol. The Bertz CT molecular complexity index is 614. The van der Waals surface area contributed by atoms with Crippen molar-refractivity contribution < 1.29 is 9.47 Å². The molecular weight excluding hydrogens is 272 g/mol. The van der Waals surface area contributed by atoms with Crippen LogP contribution < -0.4 is 0 Å². The van der Waals surface area contributed by atoms with Gasteiger partial charge in [-0.2, -0.15) is 0 Å². The third kappa shape index (κ3) is 1.58. The fourth-order valence-corrected chi connectivity index (χ4v) is 5.92. The van der Waals surface area contributed by atoms with Gasteiger partial charge in [-0.15, -0.1) is 0 Å². The van der Waals surface area contributed by atoms with Crippen molar-refractivity contribution in [2.24, 2.45) is 5.41 Å². The Kier molecular flexibility index (Phi) is 2.82. The summed E-state index contributed by atoms with van der Waals surface area (Å²) in [7, 11) is 0. The molecule has 1 spiro atoms. The van der Waals surface area contributed by atoms with Crippen molar-refractivity contribution in [2.75, 3.05) is 13.2 Å². The highest BCUT2D eigenvalue weighted by Gasteiger charge is 2.62. The zero-order valence-electron chi connectivity index (χ0n) is 13.6. The fourth-order valence-electron chi connectivity index (χ4n) is 5.92. The van der Waals surface area contributed by atoms with E-state index in [-0.39, 0.29) is 11.2 Å². The van der Waals surface area contributed by atoms with Crippen LogP contribution in [0.4, 0.5) is 0 Å². The fraction of sp³-hybridized carbons (Fsp3) is 0.700. The highest BCUT2D eigenvalue weighted by atomic mass is 16.7. The van der Waals surface area contributed by atoms with Gasteiger partial charge in [-0.25, -0.2) is 0 Å². The second kappa shape index (κ2) is 4.58. The molecule has 2 unspecified atom stereocenters. The van der Waals surface area contributed by atoms with Gasteiger partial charge in [0.05, 0.1) is 13.2 Å². The van der Waals surface area contributed by atoms with E-state index in [1.165, 1.54) is 44.9 Å². The summed E-state index contributed by atoms with van der Waals surface area (Å²) in [5, 5.41) is 0. The lowest BCUT2D eigenvalue weighted by Gasteiger charge is -2.46. The standard InChI is InChI=1S/C20H26O2/c1-19-10-8-16-15-5-3-2-4-14(15)6-7-17(16)18(19)9-11-20(19)21-12-13-22-20/h6-7,18H,2-5,8-13H2,1H3. The normalized spacial score (nSPS) is 35.2. The Morgan fingerprint density at radius 2 is 1.77 bits per heavy atom. The molecule has 2 heteroatoms. The molecule has 2 nitrogen and oxygen atoms in total. The van der Waals surface area contributed by atoms with Crippen molar-refractivity contribution in [2.45, 2.75) is 70.0 Å². The smallest absolute Gasteiger partial charge is 0.174 e. The summed E-state index contributed by atoms with van der Waals surface area (Å²) in [5.74, 6) is 0.340. The molecular formula is C20H26O2. The predicted octanol–water partition coefficient (Wildman–Crippen LogP) is 4.14. The molecule has 2 atom stereocenters. The Hall–Kier alpha value is -0.860. The van der Waals surface area contributed by atoms with E-state index in [1.54, 1.807) is 22.3 Å². The Morgan fingerprint density at radius 3 is 2.64 bits per heavy atom. The van der Waals surface area contributed by atoms with Crippen LogP contribution in [0.1, 0.15) is 67.2 Å². The molecule has 22 heavy (non-hydrogen) atoms. The predicted molar refractivity (Wildman–Crippen MR) is 86.1 cm³/mol. The van der Waals surface area contributed by atoms with Gasteiger partial charge in [0.25, 0.3) is 0 Å². The van der Waals surface area contributed by atoms with E-state index < -0.39 is 0 Å². The number of aryl methyl sites for hydroxylation is 1. The van der Waals surface area contributed by atoms with Crippen LogP contribution in [0.25, 0.3) is 0 Å². The lowest BCUT2D eigenvalue weighted by molar-refractivity contribution is -0.222. The van der Waals surface area contributed by atoms with Gasteiger partial charge < -0.3 is 9.47 Å². The minimum Gasteiger partial charge on any atom is -0.347 e. The third-order valence-electron chi connectivity index (χ3n) is 7.11. The van der Waals surface area contributed by atoms with E-state index >= 15 is 0 Å². The molecule has 0 N–H and O–H groups in total. The second-order valence-corrected chi connectivity index (χ2v) is 7.94. The van der Waals surface area contributed by atoms with E-state index in [9.17, 15) is 0 Å². The molecule has 1 saturated carbocycles. The summed E-state index contributed by atoms with van der Waals surface area (Å²) < 4.78 is 12.4. The summed E-state index contributed by atoms with van der Waals surface area (Å²) in [5.41, 5.74) is 6.84. The molecule has 5 rings (SSSR count). The number of rotatable bonds is 0. The molecule has 0 bridgehead atoms. The van der Waals surface area contributed by atoms with Crippen LogP contribution in [0.3, 0.4) is 0 Å². The van der Waals surface area contributed by atoms with E-state index in [1.807, 2.05) is 0 Å². The number of hydrogen-bond donors (Lipinski definition) is 0. The first kappa shape index (κ1) is 13.6. The maximum absolute atomic E-state index is 6.18. The molecule has 0 amide bonds. The molecule has 1 saturated heterocycles. The molecule has 1 aliphatic heterocycles. The lowest BCUT2D eigenvalue weighted by Crippen LogP contribution is -2.47. The van der Waals surface area contributed by atoms with Crippen molar-refractivity contribution in [3.63, 3.8) is 0 Å². The van der Waals surface area contributed by atoms with Gasteiger partial charge in [0.1, 0.15) is 0 Å². The zero-order chi connectivity index (χ0) is 14.8. The summed E-state index contributed by atoms with van der Waals surface area (Å²) in [4.78, 5) is 0. The summed E-state index contributed by atoms with van der Waals surface area (Å²) in [6.07, 6.45) is 10.1. The van der Waals surface area contributed by atoms with Crippen LogP contribution in [0.5, 0.6) is 0 Å². The van der Waals surface area contributed by atoms with Gasteiger partial charge in [0, 0.05) is 11.8 Å². The van der Waals surface area contributed by atoms with Crippen LogP contribution in [-0.4, -0.2) is 19.0 Å². The van der Waals surface area contributed by atoms with Crippen LogP contribution in [0.2, 0.25) is 0 Å². The van der Waals surface area contributed by atoms with Gasteiger partial charge >= 0.3 is 0 Å². The van der Waals surface area contributed by atoms with Crippen LogP contribution in [0.15, 0.2) is 12.1 Å². The molecule has 118 valence electrons. The van der Waals surface area contributed by atoms with Crippen molar-refractivity contribution in [3.8, 4) is 0 Å². The average Bonchev–Trinajstić information content (AvgIpc) is 3.14. The molecule has 4 aliphatic rings. The van der Waals surface area contributed by atoms with Crippen LogP contribution >= 0.6 is 0 Å². The zero-order valence-corrected chi connectivity index (χ0v) is 13.6. The summed E-state index contributed by atoms with van der Waals surface area (Å²) >= 11 is 0. The van der Waals surface area contributed by atoms with E-state index in [0.29, 0.717) is 5.92 Å². The maximum atomic E-state index is 6.18. The van der Waals surface area contributed by atoms with Gasteiger partial charge in [-0.3, -0.25) is 0 Å². The summed E-state index contributed by atoms with van der Waals surface area (Å²) in [6, 6.07) is 4.88. The number of ether oxygens (including phenoxy) is 2. The van der Waals surface area contributed by atoms with E-state index in [0.717, 1.165) is 19.6 Å². The molecule has 0 radical (unpaired) electrons. The van der Waals surface area contributed by atoms with E-state index in [2.05, 4.69) is 19.1 Å².